The van der Waals surface area contributed by atoms with Crippen molar-refractivity contribution < 1.29 is 14.7 Å². The van der Waals surface area contributed by atoms with Crippen LogP contribution in [0.15, 0.2) is 0 Å². The molecule has 1 aliphatic heterocycles. The van der Waals surface area contributed by atoms with E-state index in [0.29, 0.717) is 25.9 Å². The van der Waals surface area contributed by atoms with Crippen molar-refractivity contribution in [2.45, 2.75) is 65.8 Å². The second-order valence-electron chi connectivity index (χ2n) is 8.66. The number of carbonyl (C=O) groups is 2. The van der Waals surface area contributed by atoms with Gasteiger partial charge in [0, 0.05) is 19.1 Å². The van der Waals surface area contributed by atoms with Crippen LogP contribution in [0.5, 0.6) is 0 Å². The minimum Gasteiger partial charge on any atom is -0.481 e. The van der Waals surface area contributed by atoms with E-state index in [1.807, 2.05) is 0 Å². The highest BCUT2D eigenvalue weighted by Gasteiger charge is 2.39. The molecule has 1 saturated carbocycles. The molecule has 2 rings (SSSR count). The Labute approximate surface area is 133 Å². The molecule has 0 atom stereocenters. The van der Waals surface area contributed by atoms with Crippen molar-refractivity contribution in [2.75, 3.05) is 13.1 Å². The molecule has 1 aliphatic carbocycles. The van der Waals surface area contributed by atoms with Crippen LogP contribution in [0.3, 0.4) is 0 Å². The van der Waals surface area contributed by atoms with Crippen LogP contribution in [0, 0.1) is 16.7 Å². The minimum atomic E-state index is -0.740. The first-order valence-electron chi connectivity index (χ1n) is 8.36. The monoisotopic (exact) mass is 310 g/mol. The largest absolute Gasteiger partial charge is 0.481 e. The van der Waals surface area contributed by atoms with Crippen LogP contribution < -0.4 is 5.32 Å². The lowest BCUT2D eigenvalue weighted by Crippen LogP contribution is -2.52. The van der Waals surface area contributed by atoms with Gasteiger partial charge in [-0.15, -0.1) is 0 Å². The SMILES string of the molecule is CC1(C)CC(NC(=O)N2CCC(C(=O)O)CC2)CC(C)(C)C1. The molecule has 1 saturated heterocycles. The maximum absolute atomic E-state index is 12.4. The molecule has 0 bridgehead atoms. The molecular weight excluding hydrogens is 280 g/mol. The van der Waals surface area contributed by atoms with Crippen LogP contribution in [0.25, 0.3) is 0 Å². The summed E-state index contributed by atoms with van der Waals surface area (Å²) in [7, 11) is 0. The van der Waals surface area contributed by atoms with E-state index in [-0.39, 0.29) is 28.8 Å². The van der Waals surface area contributed by atoms with Crippen molar-refractivity contribution in [2.24, 2.45) is 16.7 Å². The second-order valence-corrected chi connectivity index (χ2v) is 8.66. The second kappa shape index (κ2) is 6.09. The molecule has 0 radical (unpaired) electrons. The number of piperidine rings is 1. The molecule has 126 valence electrons. The Morgan fingerprint density at radius 2 is 1.55 bits per heavy atom. The number of nitrogens with zero attached hydrogens (tertiary/aromatic N) is 1. The molecule has 2 fully saturated rings. The maximum Gasteiger partial charge on any atom is 0.317 e. The Bertz CT molecular complexity index is 421. The highest BCUT2D eigenvalue weighted by molar-refractivity contribution is 5.75. The quantitative estimate of drug-likeness (QED) is 0.823. The summed E-state index contributed by atoms with van der Waals surface area (Å²) >= 11 is 0. The third-order valence-corrected chi connectivity index (χ3v) is 5.01. The van der Waals surface area contributed by atoms with Gasteiger partial charge in [0.25, 0.3) is 0 Å². The average Bonchev–Trinajstić information content (AvgIpc) is 2.34. The molecule has 2 aliphatic rings. The first-order valence-corrected chi connectivity index (χ1v) is 8.36. The molecule has 5 heteroatoms. The summed E-state index contributed by atoms with van der Waals surface area (Å²) < 4.78 is 0. The van der Waals surface area contributed by atoms with Crippen molar-refractivity contribution in [3.05, 3.63) is 0 Å². The van der Waals surface area contributed by atoms with Gasteiger partial charge in [-0.2, -0.15) is 0 Å². The highest BCUT2D eigenvalue weighted by atomic mass is 16.4. The number of rotatable bonds is 2. The number of carbonyl (C=O) groups excluding carboxylic acids is 1. The molecule has 2 N–H and O–H groups in total. The van der Waals surface area contributed by atoms with Crippen LogP contribution in [0.4, 0.5) is 4.79 Å². The van der Waals surface area contributed by atoms with E-state index < -0.39 is 5.97 Å². The van der Waals surface area contributed by atoms with Crippen molar-refractivity contribution in [1.82, 2.24) is 10.2 Å². The van der Waals surface area contributed by atoms with Crippen LogP contribution >= 0.6 is 0 Å². The zero-order chi connectivity index (χ0) is 16.5. The Hall–Kier alpha value is -1.26. The van der Waals surface area contributed by atoms with E-state index >= 15 is 0 Å². The fraction of sp³-hybridized carbons (Fsp3) is 0.882. The average molecular weight is 310 g/mol. The van der Waals surface area contributed by atoms with E-state index in [0.717, 1.165) is 12.8 Å². The lowest BCUT2D eigenvalue weighted by molar-refractivity contribution is -0.143. The third kappa shape index (κ3) is 4.37. The van der Waals surface area contributed by atoms with Gasteiger partial charge >= 0.3 is 12.0 Å². The van der Waals surface area contributed by atoms with Gasteiger partial charge in [0.15, 0.2) is 0 Å². The molecule has 0 aromatic heterocycles. The molecule has 0 aromatic rings. The van der Waals surface area contributed by atoms with E-state index in [1.54, 1.807) is 4.90 Å². The Morgan fingerprint density at radius 3 is 2.00 bits per heavy atom. The smallest absolute Gasteiger partial charge is 0.317 e. The van der Waals surface area contributed by atoms with Gasteiger partial charge in [-0.05, 0) is 42.9 Å². The van der Waals surface area contributed by atoms with Crippen molar-refractivity contribution in [1.29, 1.82) is 0 Å². The first kappa shape index (κ1) is 17.1. The zero-order valence-corrected chi connectivity index (χ0v) is 14.3. The normalized spacial score (nSPS) is 25.7. The summed E-state index contributed by atoms with van der Waals surface area (Å²) in [6.07, 6.45) is 4.31. The topological polar surface area (TPSA) is 69.6 Å². The predicted octanol–water partition coefficient (Wildman–Crippen LogP) is 3.10. The van der Waals surface area contributed by atoms with Crippen LogP contribution in [-0.4, -0.2) is 41.1 Å². The van der Waals surface area contributed by atoms with Gasteiger partial charge in [0.05, 0.1) is 5.92 Å². The third-order valence-electron chi connectivity index (χ3n) is 5.01. The Kier molecular flexibility index (Phi) is 4.73. The number of amides is 2. The van der Waals surface area contributed by atoms with E-state index in [4.69, 9.17) is 5.11 Å². The van der Waals surface area contributed by atoms with Crippen molar-refractivity contribution in [3.8, 4) is 0 Å². The number of hydrogen-bond acceptors (Lipinski definition) is 2. The fourth-order valence-electron chi connectivity index (χ4n) is 4.54. The minimum absolute atomic E-state index is 0.0256. The van der Waals surface area contributed by atoms with Crippen LogP contribution in [0.2, 0.25) is 0 Å². The molecule has 0 aromatic carbocycles. The number of hydrogen-bond donors (Lipinski definition) is 2. The number of carboxylic acids is 1. The van der Waals surface area contributed by atoms with E-state index in [9.17, 15) is 9.59 Å². The molecule has 22 heavy (non-hydrogen) atoms. The van der Waals surface area contributed by atoms with Gasteiger partial charge in [0.1, 0.15) is 0 Å². The predicted molar refractivity (Wildman–Crippen MR) is 85.7 cm³/mol. The number of carboxylic acid groups (broad SMARTS) is 1. The summed E-state index contributed by atoms with van der Waals surface area (Å²) in [5.74, 6) is -1.03. The summed E-state index contributed by atoms with van der Waals surface area (Å²) in [6.45, 7) is 10.2. The lowest BCUT2D eigenvalue weighted by atomic mass is 9.63. The Balaban J connectivity index is 1.88. The summed E-state index contributed by atoms with van der Waals surface area (Å²) in [4.78, 5) is 25.2. The number of urea groups is 1. The van der Waals surface area contributed by atoms with Crippen molar-refractivity contribution in [3.63, 3.8) is 0 Å². The molecule has 1 heterocycles. The Morgan fingerprint density at radius 1 is 1.05 bits per heavy atom. The summed E-state index contributed by atoms with van der Waals surface area (Å²) in [5.41, 5.74) is 0.492. The first-order chi connectivity index (χ1) is 10.1. The number of likely N-dealkylation sites (tertiary alicyclic amines) is 1. The maximum atomic E-state index is 12.4. The highest BCUT2D eigenvalue weighted by Crippen LogP contribution is 2.45. The van der Waals surface area contributed by atoms with Crippen molar-refractivity contribution >= 4 is 12.0 Å². The molecule has 0 spiro atoms. The molecule has 2 amide bonds. The van der Waals surface area contributed by atoms with E-state index in [1.165, 1.54) is 6.42 Å². The standard InChI is InChI=1S/C17H30N2O3/c1-16(2)9-13(10-17(3,4)11-16)18-15(22)19-7-5-12(6-8-19)14(20)21/h12-13H,5-11H2,1-4H3,(H,18,22)(H,20,21). The fourth-order valence-corrected chi connectivity index (χ4v) is 4.54. The summed E-state index contributed by atoms with van der Waals surface area (Å²) in [6, 6.07) is 0.186. The molecule has 5 nitrogen and oxygen atoms in total. The van der Waals surface area contributed by atoms with Gasteiger partial charge in [-0.25, -0.2) is 4.79 Å². The van der Waals surface area contributed by atoms with Crippen LogP contribution in [-0.2, 0) is 4.79 Å². The van der Waals surface area contributed by atoms with E-state index in [2.05, 4.69) is 33.0 Å². The van der Waals surface area contributed by atoms with Gasteiger partial charge < -0.3 is 15.3 Å². The number of nitrogens with one attached hydrogen (secondary N) is 1. The number of aliphatic carboxylic acids is 1. The molecule has 0 unspecified atom stereocenters. The lowest BCUT2D eigenvalue weighted by Gasteiger charge is -2.45. The van der Waals surface area contributed by atoms with Gasteiger partial charge in [-0.3, -0.25) is 4.79 Å². The molecular formula is C17H30N2O3. The van der Waals surface area contributed by atoms with Gasteiger partial charge in [-0.1, -0.05) is 27.7 Å². The van der Waals surface area contributed by atoms with Crippen LogP contribution in [0.1, 0.15) is 59.8 Å². The summed E-state index contributed by atoms with van der Waals surface area (Å²) in [5, 5.41) is 12.2. The van der Waals surface area contributed by atoms with Gasteiger partial charge in [0.2, 0.25) is 0 Å². The zero-order valence-electron chi connectivity index (χ0n) is 14.3.